The highest BCUT2D eigenvalue weighted by Crippen LogP contribution is 2.10. The second-order valence-corrected chi connectivity index (χ2v) is 5.91. The normalized spacial score (nSPS) is 10.5. The maximum Gasteiger partial charge on any atom is 0.339 e. The Kier molecular flexibility index (Phi) is 8.68. The lowest BCUT2D eigenvalue weighted by Gasteiger charge is -2.02. The van der Waals surface area contributed by atoms with Crippen molar-refractivity contribution in [1.29, 1.82) is 0 Å². The molecule has 0 bridgehead atoms. The first-order valence-electron chi connectivity index (χ1n) is 8.29. The van der Waals surface area contributed by atoms with Crippen LogP contribution in [0.5, 0.6) is 5.75 Å². The Labute approximate surface area is 140 Å². The highest BCUT2D eigenvalue weighted by Gasteiger charge is 2.15. The number of aromatic hydroxyl groups is 1. The van der Waals surface area contributed by atoms with Crippen LogP contribution < -0.4 is 5.63 Å². The average Bonchev–Trinajstić information content (AvgIpc) is 2.45. The van der Waals surface area contributed by atoms with Gasteiger partial charge in [0.25, 0.3) is 0 Å². The van der Waals surface area contributed by atoms with Crippen LogP contribution in [0.3, 0.4) is 0 Å². The number of carbonyl (C=O) groups is 3. The van der Waals surface area contributed by atoms with Gasteiger partial charge < -0.3 is 9.52 Å². The lowest BCUT2D eigenvalue weighted by atomic mass is 10.0. The molecule has 0 unspecified atom stereocenters. The minimum absolute atomic E-state index is 0.0000469. The van der Waals surface area contributed by atoms with Gasteiger partial charge in [0.15, 0.2) is 0 Å². The molecule has 0 saturated heterocycles. The molecule has 0 amide bonds. The van der Waals surface area contributed by atoms with E-state index in [9.17, 15) is 24.3 Å². The molecule has 0 radical (unpaired) electrons. The Morgan fingerprint density at radius 1 is 0.958 bits per heavy atom. The highest BCUT2D eigenvalue weighted by atomic mass is 16.4. The fourth-order valence-electron chi connectivity index (χ4n) is 2.38. The smallest absolute Gasteiger partial charge is 0.339 e. The predicted octanol–water partition coefficient (Wildman–Crippen LogP) is 2.74. The van der Waals surface area contributed by atoms with Crippen LogP contribution in [0, 0.1) is 0 Å². The van der Waals surface area contributed by atoms with Gasteiger partial charge in [0.2, 0.25) is 0 Å². The number of carbonyl (C=O) groups excluding carboxylic acids is 3. The molecule has 24 heavy (non-hydrogen) atoms. The predicted molar refractivity (Wildman–Crippen MR) is 88.0 cm³/mol. The van der Waals surface area contributed by atoms with E-state index in [1.807, 2.05) is 0 Å². The van der Waals surface area contributed by atoms with E-state index in [4.69, 9.17) is 4.42 Å². The lowest BCUT2D eigenvalue weighted by molar-refractivity contribution is -0.129. The van der Waals surface area contributed by atoms with Crippen LogP contribution in [0.15, 0.2) is 21.3 Å². The monoisotopic (exact) mass is 336 g/mol. The Bertz CT molecular complexity index is 629. The molecule has 1 aromatic rings. The van der Waals surface area contributed by atoms with E-state index >= 15 is 0 Å². The molecule has 0 spiro atoms. The first kappa shape index (κ1) is 19.8. The fraction of sp³-hybridized carbons (Fsp3) is 0.556. The molecule has 1 N–H and O–H groups in total. The van der Waals surface area contributed by atoms with E-state index < -0.39 is 17.2 Å². The minimum Gasteiger partial charge on any atom is -0.508 e. The largest absolute Gasteiger partial charge is 0.508 e. The van der Waals surface area contributed by atoms with Gasteiger partial charge >= 0.3 is 5.63 Å². The van der Waals surface area contributed by atoms with Crippen LogP contribution in [-0.2, 0) is 20.8 Å². The van der Waals surface area contributed by atoms with E-state index in [2.05, 4.69) is 6.92 Å². The van der Waals surface area contributed by atoms with Gasteiger partial charge in [-0.2, -0.15) is 0 Å². The summed E-state index contributed by atoms with van der Waals surface area (Å²) in [6, 6.07) is 2.05. The second kappa shape index (κ2) is 10.5. The van der Waals surface area contributed by atoms with Crippen LogP contribution in [0.25, 0.3) is 0 Å². The summed E-state index contributed by atoms with van der Waals surface area (Å²) in [4.78, 5) is 46.3. The summed E-state index contributed by atoms with van der Waals surface area (Å²) < 4.78 is 4.76. The van der Waals surface area contributed by atoms with Crippen molar-refractivity contribution in [3.63, 3.8) is 0 Å². The van der Waals surface area contributed by atoms with Gasteiger partial charge in [-0.25, -0.2) is 4.79 Å². The summed E-state index contributed by atoms with van der Waals surface area (Å²) in [7, 11) is 0. The second-order valence-electron chi connectivity index (χ2n) is 5.91. The molecular weight excluding hydrogens is 312 g/mol. The lowest BCUT2D eigenvalue weighted by Crippen LogP contribution is -2.14. The summed E-state index contributed by atoms with van der Waals surface area (Å²) in [5.41, 5.74) is -0.762. The summed E-state index contributed by atoms with van der Waals surface area (Å²) in [5, 5.41) is 9.26. The number of hydrogen-bond acceptors (Lipinski definition) is 6. The van der Waals surface area contributed by atoms with Crippen LogP contribution in [-0.4, -0.2) is 22.5 Å². The molecule has 0 aliphatic heterocycles. The Balaban J connectivity index is 2.32. The molecule has 1 heterocycles. The molecule has 1 aromatic heterocycles. The first-order valence-corrected chi connectivity index (χ1v) is 8.29. The van der Waals surface area contributed by atoms with Gasteiger partial charge in [-0.05, 0) is 6.42 Å². The molecule has 0 aromatic carbocycles. The molecule has 1 rings (SSSR count). The van der Waals surface area contributed by atoms with Crippen LogP contribution in [0.2, 0.25) is 0 Å². The van der Waals surface area contributed by atoms with E-state index in [1.54, 1.807) is 0 Å². The number of Topliss-reactive ketones (excluding diaryl/α,β-unsaturated/α-hetero) is 3. The third-order valence-corrected chi connectivity index (χ3v) is 3.53. The van der Waals surface area contributed by atoms with Crippen molar-refractivity contribution < 1.29 is 23.9 Å². The van der Waals surface area contributed by atoms with E-state index in [0.29, 0.717) is 6.42 Å². The minimum atomic E-state index is -0.762. The molecule has 0 aliphatic carbocycles. The Morgan fingerprint density at radius 3 is 2.29 bits per heavy atom. The van der Waals surface area contributed by atoms with Crippen molar-refractivity contribution in [3.05, 3.63) is 28.3 Å². The Morgan fingerprint density at radius 2 is 1.62 bits per heavy atom. The topological polar surface area (TPSA) is 102 Å². The molecular formula is C18H24O6. The zero-order valence-corrected chi connectivity index (χ0v) is 14.0. The zero-order chi connectivity index (χ0) is 17.9. The molecule has 6 nitrogen and oxygen atoms in total. The fourth-order valence-corrected chi connectivity index (χ4v) is 2.38. The molecule has 0 saturated carbocycles. The quantitative estimate of drug-likeness (QED) is 0.465. The molecule has 132 valence electrons. The van der Waals surface area contributed by atoms with Crippen molar-refractivity contribution in [1.82, 2.24) is 0 Å². The third-order valence-electron chi connectivity index (χ3n) is 3.53. The summed E-state index contributed by atoms with van der Waals surface area (Å²) >= 11 is 0. The summed E-state index contributed by atoms with van der Waals surface area (Å²) in [5.74, 6) is -1.32. The molecule has 0 aliphatic rings. The van der Waals surface area contributed by atoms with Crippen molar-refractivity contribution in [2.24, 2.45) is 0 Å². The van der Waals surface area contributed by atoms with Gasteiger partial charge in [0.1, 0.15) is 28.9 Å². The molecule has 6 heteroatoms. The van der Waals surface area contributed by atoms with Gasteiger partial charge in [0, 0.05) is 12.5 Å². The van der Waals surface area contributed by atoms with E-state index in [1.165, 1.54) is 0 Å². The molecule has 0 atom stereocenters. The SMILES string of the molecule is CCCCCCCC(=O)CC(=O)CC(=O)Cc1cc(O)cc(=O)o1. The van der Waals surface area contributed by atoms with Crippen molar-refractivity contribution in [3.8, 4) is 5.75 Å². The van der Waals surface area contributed by atoms with E-state index in [0.717, 1.165) is 44.2 Å². The first-order chi connectivity index (χ1) is 11.4. The summed E-state index contributed by atoms with van der Waals surface area (Å²) in [6.07, 6.45) is 4.61. The van der Waals surface area contributed by atoms with Crippen LogP contribution >= 0.6 is 0 Å². The van der Waals surface area contributed by atoms with Crippen molar-refractivity contribution >= 4 is 17.3 Å². The highest BCUT2D eigenvalue weighted by molar-refractivity contribution is 6.07. The summed E-state index contributed by atoms with van der Waals surface area (Å²) in [6.45, 7) is 2.11. The van der Waals surface area contributed by atoms with Crippen LogP contribution in [0.1, 0.15) is 64.1 Å². The van der Waals surface area contributed by atoms with E-state index in [-0.39, 0.29) is 36.6 Å². The maximum atomic E-state index is 11.8. The zero-order valence-electron chi connectivity index (χ0n) is 14.0. The number of hydrogen-bond donors (Lipinski definition) is 1. The maximum absolute atomic E-state index is 11.8. The van der Waals surface area contributed by atoms with Gasteiger partial charge in [0.05, 0.1) is 25.3 Å². The number of ketones is 3. The average molecular weight is 336 g/mol. The Hall–Kier alpha value is -2.24. The van der Waals surface area contributed by atoms with Gasteiger partial charge in [-0.1, -0.05) is 32.6 Å². The number of rotatable bonds is 12. The standard InChI is InChI=1S/C18H24O6/c1-2-3-4-5-6-7-13(19)8-14(20)9-15(21)10-17-11-16(22)12-18(23)24-17/h11-12,22H,2-10H2,1H3. The third kappa shape index (κ3) is 8.41. The van der Waals surface area contributed by atoms with Crippen molar-refractivity contribution in [2.45, 2.75) is 64.7 Å². The number of unbranched alkanes of at least 4 members (excludes halogenated alkanes) is 4. The van der Waals surface area contributed by atoms with Crippen LogP contribution in [0.4, 0.5) is 0 Å². The molecule has 0 fully saturated rings. The van der Waals surface area contributed by atoms with Gasteiger partial charge in [-0.3, -0.25) is 14.4 Å². The van der Waals surface area contributed by atoms with Crippen molar-refractivity contribution in [2.75, 3.05) is 0 Å². The van der Waals surface area contributed by atoms with Gasteiger partial charge in [-0.15, -0.1) is 0 Å².